The standard InChI is InChI=1S/C10H19N3O/c1-7(2)10-9(8(11)4-5-14)12-6-13(10)3/h6-8,14H,4-5,11H2,1-3H3. The zero-order valence-electron chi connectivity index (χ0n) is 9.07. The smallest absolute Gasteiger partial charge is 0.0949 e. The molecular formula is C10H19N3O. The van der Waals surface area contributed by atoms with E-state index in [2.05, 4.69) is 18.8 Å². The zero-order chi connectivity index (χ0) is 10.7. The van der Waals surface area contributed by atoms with E-state index in [4.69, 9.17) is 10.8 Å². The molecule has 0 radical (unpaired) electrons. The number of hydrogen-bond donors (Lipinski definition) is 2. The van der Waals surface area contributed by atoms with E-state index in [0.717, 1.165) is 11.4 Å². The summed E-state index contributed by atoms with van der Waals surface area (Å²) < 4.78 is 2.00. The first-order valence-electron chi connectivity index (χ1n) is 4.95. The van der Waals surface area contributed by atoms with Crippen LogP contribution in [0.5, 0.6) is 0 Å². The van der Waals surface area contributed by atoms with Crippen molar-refractivity contribution in [3.63, 3.8) is 0 Å². The molecule has 0 amide bonds. The van der Waals surface area contributed by atoms with Crippen LogP contribution in [0.2, 0.25) is 0 Å². The first-order valence-corrected chi connectivity index (χ1v) is 4.95. The number of aliphatic hydroxyl groups excluding tert-OH is 1. The van der Waals surface area contributed by atoms with Crippen molar-refractivity contribution < 1.29 is 5.11 Å². The van der Waals surface area contributed by atoms with E-state index >= 15 is 0 Å². The molecule has 1 aromatic rings. The molecule has 0 fully saturated rings. The van der Waals surface area contributed by atoms with Crippen LogP contribution in [0.4, 0.5) is 0 Å². The van der Waals surface area contributed by atoms with E-state index in [1.54, 1.807) is 6.33 Å². The fourth-order valence-electron chi connectivity index (χ4n) is 1.72. The van der Waals surface area contributed by atoms with Crippen molar-refractivity contribution in [2.45, 2.75) is 32.2 Å². The van der Waals surface area contributed by atoms with Gasteiger partial charge in [-0.25, -0.2) is 4.98 Å². The molecule has 1 unspecified atom stereocenters. The van der Waals surface area contributed by atoms with Gasteiger partial charge in [-0.05, 0) is 12.3 Å². The van der Waals surface area contributed by atoms with E-state index in [1.807, 2.05) is 11.6 Å². The van der Waals surface area contributed by atoms with Gasteiger partial charge >= 0.3 is 0 Å². The van der Waals surface area contributed by atoms with Crippen LogP contribution in [-0.2, 0) is 7.05 Å². The van der Waals surface area contributed by atoms with Crippen LogP contribution in [0.3, 0.4) is 0 Å². The third kappa shape index (κ3) is 2.13. The molecule has 0 saturated heterocycles. The zero-order valence-corrected chi connectivity index (χ0v) is 9.07. The molecular weight excluding hydrogens is 178 g/mol. The molecule has 1 rings (SSSR count). The first kappa shape index (κ1) is 11.2. The topological polar surface area (TPSA) is 64.1 Å². The van der Waals surface area contributed by atoms with E-state index in [9.17, 15) is 0 Å². The largest absolute Gasteiger partial charge is 0.396 e. The summed E-state index contributed by atoms with van der Waals surface area (Å²) in [5, 5.41) is 8.82. The third-order valence-corrected chi connectivity index (χ3v) is 2.35. The fourth-order valence-corrected chi connectivity index (χ4v) is 1.72. The molecule has 0 spiro atoms. The Bertz CT molecular complexity index is 294. The number of aliphatic hydroxyl groups is 1. The number of aryl methyl sites for hydroxylation is 1. The summed E-state index contributed by atoms with van der Waals surface area (Å²) in [6.45, 7) is 4.34. The number of nitrogens with two attached hydrogens (primary N) is 1. The number of aromatic nitrogens is 2. The van der Waals surface area contributed by atoms with Gasteiger partial charge in [-0.15, -0.1) is 0 Å². The van der Waals surface area contributed by atoms with Crippen molar-refractivity contribution in [3.8, 4) is 0 Å². The Morgan fingerprint density at radius 3 is 2.71 bits per heavy atom. The van der Waals surface area contributed by atoms with Crippen molar-refractivity contribution >= 4 is 0 Å². The van der Waals surface area contributed by atoms with Crippen molar-refractivity contribution in [1.82, 2.24) is 9.55 Å². The van der Waals surface area contributed by atoms with Crippen molar-refractivity contribution in [2.24, 2.45) is 12.8 Å². The minimum Gasteiger partial charge on any atom is -0.396 e. The summed E-state index contributed by atoms with van der Waals surface area (Å²) in [7, 11) is 1.97. The molecule has 0 aliphatic heterocycles. The lowest BCUT2D eigenvalue weighted by atomic mass is 10.0. The van der Waals surface area contributed by atoms with Crippen LogP contribution in [0.1, 0.15) is 43.6 Å². The van der Waals surface area contributed by atoms with Crippen LogP contribution in [-0.4, -0.2) is 21.3 Å². The molecule has 0 aliphatic rings. The minimum absolute atomic E-state index is 0.106. The maximum atomic E-state index is 8.82. The molecule has 0 aliphatic carbocycles. The lowest BCUT2D eigenvalue weighted by Gasteiger charge is -2.13. The van der Waals surface area contributed by atoms with E-state index in [1.165, 1.54) is 0 Å². The number of rotatable bonds is 4. The molecule has 0 bridgehead atoms. The van der Waals surface area contributed by atoms with E-state index in [-0.39, 0.29) is 12.6 Å². The third-order valence-electron chi connectivity index (χ3n) is 2.35. The molecule has 0 aromatic carbocycles. The Hall–Kier alpha value is -0.870. The summed E-state index contributed by atoms with van der Waals surface area (Å²) in [4.78, 5) is 4.28. The second-order valence-corrected chi connectivity index (χ2v) is 3.90. The second kappa shape index (κ2) is 4.57. The Morgan fingerprint density at radius 1 is 1.57 bits per heavy atom. The van der Waals surface area contributed by atoms with Gasteiger partial charge in [0.2, 0.25) is 0 Å². The van der Waals surface area contributed by atoms with Gasteiger partial charge in [-0.3, -0.25) is 0 Å². The molecule has 3 N–H and O–H groups in total. The molecule has 14 heavy (non-hydrogen) atoms. The molecule has 4 nitrogen and oxygen atoms in total. The van der Waals surface area contributed by atoms with Crippen molar-refractivity contribution in [1.29, 1.82) is 0 Å². The Balaban J connectivity index is 2.96. The summed E-state index contributed by atoms with van der Waals surface area (Å²) in [5.74, 6) is 0.405. The number of nitrogens with zero attached hydrogens (tertiary/aromatic N) is 2. The molecule has 4 heteroatoms. The number of hydrogen-bond acceptors (Lipinski definition) is 3. The highest BCUT2D eigenvalue weighted by Crippen LogP contribution is 2.23. The monoisotopic (exact) mass is 197 g/mol. The SMILES string of the molecule is CC(C)c1c(C(N)CCO)ncn1C. The van der Waals surface area contributed by atoms with Gasteiger partial charge in [0.05, 0.1) is 18.1 Å². The maximum Gasteiger partial charge on any atom is 0.0949 e. The van der Waals surface area contributed by atoms with Gasteiger partial charge in [-0.2, -0.15) is 0 Å². The highest BCUT2D eigenvalue weighted by Gasteiger charge is 2.17. The summed E-state index contributed by atoms with van der Waals surface area (Å²) in [5.41, 5.74) is 7.99. The first-order chi connectivity index (χ1) is 6.57. The van der Waals surface area contributed by atoms with Crippen molar-refractivity contribution in [3.05, 3.63) is 17.7 Å². The van der Waals surface area contributed by atoms with Gasteiger partial charge in [0.1, 0.15) is 0 Å². The van der Waals surface area contributed by atoms with Crippen LogP contribution < -0.4 is 5.73 Å². The summed E-state index contributed by atoms with van der Waals surface area (Å²) in [6, 6.07) is -0.154. The summed E-state index contributed by atoms with van der Waals surface area (Å²) in [6.07, 6.45) is 2.35. The van der Waals surface area contributed by atoms with E-state index in [0.29, 0.717) is 12.3 Å². The maximum absolute atomic E-state index is 8.82. The molecule has 1 heterocycles. The molecule has 0 saturated carbocycles. The van der Waals surface area contributed by atoms with Crippen molar-refractivity contribution in [2.75, 3.05) is 6.61 Å². The van der Waals surface area contributed by atoms with Crippen LogP contribution >= 0.6 is 0 Å². The Labute approximate surface area is 84.8 Å². The fraction of sp³-hybridized carbons (Fsp3) is 0.700. The van der Waals surface area contributed by atoms with E-state index < -0.39 is 0 Å². The minimum atomic E-state index is -0.154. The highest BCUT2D eigenvalue weighted by atomic mass is 16.3. The quantitative estimate of drug-likeness (QED) is 0.754. The average molecular weight is 197 g/mol. The predicted molar refractivity (Wildman–Crippen MR) is 55.9 cm³/mol. The van der Waals surface area contributed by atoms with Gasteiger partial charge in [0.25, 0.3) is 0 Å². The number of imidazole rings is 1. The van der Waals surface area contributed by atoms with Gasteiger partial charge in [0, 0.05) is 19.3 Å². The van der Waals surface area contributed by atoms with Gasteiger partial charge in [-0.1, -0.05) is 13.8 Å². The molecule has 80 valence electrons. The van der Waals surface area contributed by atoms with Crippen LogP contribution in [0.15, 0.2) is 6.33 Å². The Morgan fingerprint density at radius 2 is 2.21 bits per heavy atom. The molecule has 1 atom stereocenters. The van der Waals surface area contributed by atoms with Crippen LogP contribution in [0.25, 0.3) is 0 Å². The van der Waals surface area contributed by atoms with Gasteiger partial charge in [0.15, 0.2) is 0 Å². The molecule has 1 aromatic heterocycles. The average Bonchev–Trinajstić information content (AvgIpc) is 2.47. The van der Waals surface area contributed by atoms with Crippen LogP contribution in [0, 0.1) is 0 Å². The normalized spacial score (nSPS) is 13.6. The second-order valence-electron chi connectivity index (χ2n) is 3.90. The predicted octanol–water partition coefficient (Wildman–Crippen LogP) is 0.926. The Kier molecular flexibility index (Phi) is 3.66. The summed E-state index contributed by atoms with van der Waals surface area (Å²) >= 11 is 0. The lowest BCUT2D eigenvalue weighted by Crippen LogP contribution is -2.15. The lowest BCUT2D eigenvalue weighted by molar-refractivity contribution is 0.275. The highest BCUT2D eigenvalue weighted by molar-refractivity contribution is 5.20. The van der Waals surface area contributed by atoms with Gasteiger partial charge < -0.3 is 15.4 Å².